The number of nitrogens with zero attached hydrogens (tertiary/aromatic N) is 4. The molecule has 0 bridgehead atoms. The first-order chi connectivity index (χ1) is 16.6. The molecule has 2 heterocycles. The molecule has 0 aliphatic heterocycles. The van der Waals surface area contributed by atoms with E-state index in [1.807, 2.05) is 72.6 Å². The summed E-state index contributed by atoms with van der Waals surface area (Å²) in [5.41, 5.74) is 3.26. The lowest BCUT2D eigenvalue weighted by molar-refractivity contribution is 0.404. The highest BCUT2D eigenvalue weighted by Crippen LogP contribution is 2.36. The predicted octanol–water partition coefficient (Wildman–Crippen LogP) is 5.29. The van der Waals surface area contributed by atoms with Crippen LogP contribution in [0.2, 0.25) is 0 Å². The Hall–Kier alpha value is -3.97. The summed E-state index contributed by atoms with van der Waals surface area (Å²) < 4.78 is 8.09. The molecule has 0 spiro atoms. The summed E-state index contributed by atoms with van der Waals surface area (Å²) in [7, 11) is 5.18. The number of aromatic nitrogens is 3. The highest BCUT2D eigenvalue weighted by atomic mass is 32.1. The Morgan fingerprint density at radius 3 is 2.06 bits per heavy atom. The molecular weight excluding hydrogens is 444 g/mol. The Kier molecular flexibility index (Phi) is 5.86. The summed E-state index contributed by atoms with van der Waals surface area (Å²) >= 11 is 1.50. The second-order valence-corrected chi connectivity index (χ2v) is 9.01. The van der Waals surface area contributed by atoms with Crippen molar-refractivity contribution >= 4 is 27.5 Å². The van der Waals surface area contributed by atoms with Gasteiger partial charge in [0.25, 0.3) is 5.56 Å². The number of hydrogen-bond acceptors (Lipinski definition) is 6. The Bertz CT molecular complexity index is 1420. The maximum Gasteiger partial charge on any atom is 0.297 e. The van der Waals surface area contributed by atoms with Crippen molar-refractivity contribution in [2.45, 2.75) is 6.04 Å². The van der Waals surface area contributed by atoms with Crippen LogP contribution in [0, 0.1) is 0 Å². The van der Waals surface area contributed by atoms with Crippen molar-refractivity contribution in [3.63, 3.8) is 0 Å². The molecule has 0 saturated carbocycles. The van der Waals surface area contributed by atoms with Crippen molar-refractivity contribution in [2.75, 3.05) is 19.1 Å². The molecule has 34 heavy (non-hydrogen) atoms. The molecular formula is C27H24N4O2S. The van der Waals surface area contributed by atoms with Gasteiger partial charge in [-0.1, -0.05) is 72.8 Å². The number of ether oxygens (including phenoxy) is 1. The molecule has 0 saturated heterocycles. The minimum absolute atomic E-state index is 0.142. The van der Waals surface area contributed by atoms with Crippen LogP contribution in [0.1, 0.15) is 17.2 Å². The van der Waals surface area contributed by atoms with Gasteiger partial charge in [0.1, 0.15) is 5.01 Å². The molecule has 0 aliphatic rings. The summed E-state index contributed by atoms with van der Waals surface area (Å²) in [4.78, 5) is 25.1. The van der Waals surface area contributed by atoms with E-state index in [9.17, 15) is 4.79 Å². The quantitative estimate of drug-likeness (QED) is 0.339. The molecule has 5 rings (SSSR count). The first kappa shape index (κ1) is 21.9. The van der Waals surface area contributed by atoms with Crippen LogP contribution < -0.4 is 15.2 Å². The minimum atomic E-state index is -0.256. The van der Waals surface area contributed by atoms with E-state index in [2.05, 4.69) is 24.3 Å². The lowest BCUT2D eigenvalue weighted by Crippen LogP contribution is -2.33. The SMILES string of the molecule is COc1c(-c2nc3ccccc3s2)nc(N(C)C(c2ccccc2)c2ccccc2)n(C)c1=O. The topological polar surface area (TPSA) is 60.3 Å². The van der Waals surface area contributed by atoms with Gasteiger partial charge in [0.05, 0.1) is 23.4 Å². The van der Waals surface area contributed by atoms with Crippen LogP contribution in [0.25, 0.3) is 20.9 Å². The second kappa shape index (κ2) is 9.11. The third kappa shape index (κ3) is 3.84. The lowest BCUT2D eigenvalue weighted by Gasteiger charge is -2.31. The van der Waals surface area contributed by atoms with E-state index in [4.69, 9.17) is 14.7 Å². The van der Waals surface area contributed by atoms with E-state index in [-0.39, 0.29) is 17.4 Å². The summed E-state index contributed by atoms with van der Waals surface area (Å²) in [6.45, 7) is 0. The Morgan fingerprint density at radius 1 is 0.882 bits per heavy atom. The third-order valence-electron chi connectivity index (χ3n) is 5.86. The fourth-order valence-corrected chi connectivity index (χ4v) is 5.17. The summed E-state index contributed by atoms with van der Waals surface area (Å²) in [5.74, 6) is 0.715. The number of methoxy groups -OCH3 is 1. The highest BCUT2D eigenvalue weighted by molar-refractivity contribution is 7.21. The van der Waals surface area contributed by atoms with Gasteiger partial charge in [0, 0.05) is 14.1 Å². The smallest absolute Gasteiger partial charge is 0.297 e. The lowest BCUT2D eigenvalue weighted by atomic mass is 9.98. The fourth-order valence-electron chi connectivity index (χ4n) is 4.21. The van der Waals surface area contributed by atoms with Crippen LogP contribution in [0.5, 0.6) is 5.75 Å². The molecule has 0 aliphatic carbocycles. The molecule has 7 heteroatoms. The molecule has 0 unspecified atom stereocenters. The van der Waals surface area contributed by atoms with Crippen molar-refractivity contribution in [3.05, 3.63) is 106 Å². The normalized spacial score (nSPS) is 11.2. The van der Waals surface area contributed by atoms with Crippen molar-refractivity contribution in [2.24, 2.45) is 7.05 Å². The van der Waals surface area contributed by atoms with E-state index in [1.54, 1.807) is 7.05 Å². The van der Waals surface area contributed by atoms with Gasteiger partial charge in [-0.3, -0.25) is 9.36 Å². The average Bonchev–Trinajstić information content (AvgIpc) is 3.31. The maximum absolute atomic E-state index is 13.4. The van der Waals surface area contributed by atoms with Crippen molar-refractivity contribution in [1.82, 2.24) is 14.5 Å². The standard InChI is InChI=1S/C27H24N4O2S/c1-30(23(18-12-6-4-7-13-18)19-14-8-5-9-15-19)27-29-22(24(33-3)26(32)31(27)2)25-28-20-16-10-11-17-21(20)34-25/h4-17,23H,1-3H3. The van der Waals surface area contributed by atoms with Gasteiger partial charge in [0.2, 0.25) is 11.7 Å². The maximum atomic E-state index is 13.4. The molecule has 0 atom stereocenters. The zero-order valence-corrected chi connectivity index (χ0v) is 20.0. The molecule has 0 radical (unpaired) electrons. The van der Waals surface area contributed by atoms with E-state index in [0.29, 0.717) is 16.6 Å². The molecule has 0 amide bonds. The van der Waals surface area contributed by atoms with Gasteiger partial charge < -0.3 is 9.64 Å². The number of para-hydroxylation sites is 1. The van der Waals surface area contributed by atoms with Crippen molar-refractivity contribution in [3.8, 4) is 16.5 Å². The van der Waals surface area contributed by atoms with Crippen molar-refractivity contribution in [1.29, 1.82) is 0 Å². The van der Waals surface area contributed by atoms with Gasteiger partial charge in [-0.2, -0.15) is 0 Å². The molecule has 2 aromatic heterocycles. The Morgan fingerprint density at radius 2 is 1.47 bits per heavy atom. The molecule has 6 nitrogen and oxygen atoms in total. The Labute approximate surface area is 201 Å². The number of rotatable bonds is 6. The van der Waals surface area contributed by atoms with E-state index < -0.39 is 0 Å². The molecule has 3 aromatic carbocycles. The van der Waals surface area contributed by atoms with Gasteiger partial charge >= 0.3 is 0 Å². The van der Waals surface area contributed by atoms with Crippen LogP contribution >= 0.6 is 11.3 Å². The third-order valence-corrected chi connectivity index (χ3v) is 6.90. The number of anilines is 1. The van der Waals surface area contributed by atoms with Crippen LogP contribution in [-0.4, -0.2) is 28.7 Å². The van der Waals surface area contributed by atoms with Crippen LogP contribution in [0.15, 0.2) is 89.7 Å². The number of benzene rings is 3. The number of thiazole rings is 1. The molecule has 0 fully saturated rings. The van der Waals surface area contributed by atoms with Crippen LogP contribution in [0.3, 0.4) is 0 Å². The number of fused-ring (bicyclic) bond motifs is 1. The summed E-state index contributed by atoms with van der Waals surface area (Å²) in [6.07, 6.45) is 0. The fraction of sp³-hybridized carbons (Fsp3) is 0.148. The first-order valence-corrected chi connectivity index (χ1v) is 11.7. The summed E-state index contributed by atoms with van der Waals surface area (Å²) in [6, 6.07) is 28.2. The van der Waals surface area contributed by atoms with Gasteiger partial charge in [0.15, 0.2) is 5.69 Å². The second-order valence-electron chi connectivity index (χ2n) is 7.98. The Balaban J connectivity index is 1.70. The van der Waals surface area contributed by atoms with Crippen LogP contribution in [0.4, 0.5) is 5.95 Å². The number of hydrogen-bond donors (Lipinski definition) is 0. The predicted molar refractivity (Wildman–Crippen MR) is 138 cm³/mol. The van der Waals surface area contributed by atoms with E-state index in [1.165, 1.54) is 23.0 Å². The molecule has 0 N–H and O–H groups in total. The zero-order chi connectivity index (χ0) is 23.7. The molecule has 170 valence electrons. The van der Waals surface area contributed by atoms with Crippen molar-refractivity contribution < 1.29 is 4.74 Å². The van der Waals surface area contributed by atoms with Gasteiger partial charge in [-0.25, -0.2) is 9.97 Å². The summed E-state index contributed by atoms with van der Waals surface area (Å²) in [5, 5.41) is 0.654. The first-order valence-electron chi connectivity index (χ1n) is 10.9. The van der Waals surface area contributed by atoms with Gasteiger partial charge in [-0.15, -0.1) is 11.3 Å². The molecule has 5 aromatic rings. The average molecular weight is 469 g/mol. The van der Waals surface area contributed by atoms with E-state index in [0.717, 1.165) is 21.3 Å². The van der Waals surface area contributed by atoms with Crippen LogP contribution in [-0.2, 0) is 7.05 Å². The minimum Gasteiger partial charge on any atom is -0.489 e. The monoisotopic (exact) mass is 468 g/mol. The highest BCUT2D eigenvalue weighted by Gasteiger charge is 2.26. The zero-order valence-electron chi connectivity index (χ0n) is 19.2. The van der Waals surface area contributed by atoms with Gasteiger partial charge in [-0.05, 0) is 23.3 Å². The largest absolute Gasteiger partial charge is 0.489 e. The van der Waals surface area contributed by atoms with E-state index >= 15 is 0 Å².